The first-order valence-electron chi connectivity index (χ1n) is 6.10. The Morgan fingerprint density at radius 3 is 2.75 bits per heavy atom. The van der Waals surface area contributed by atoms with Crippen LogP contribution in [0.3, 0.4) is 0 Å². The van der Waals surface area contributed by atoms with Crippen LogP contribution in [-0.2, 0) is 10.0 Å². The molecule has 1 heterocycles. The fourth-order valence-electron chi connectivity index (χ4n) is 2.26. The van der Waals surface area contributed by atoms with Gasteiger partial charge in [-0.05, 0) is 59.4 Å². The lowest BCUT2D eigenvalue weighted by atomic mass is 10.0. The van der Waals surface area contributed by atoms with Crippen molar-refractivity contribution in [2.45, 2.75) is 17.7 Å². The van der Waals surface area contributed by atoms with Gasteiger partial charge in [0, 0.05) is 17.6 Å². The number of sulfonamides is 1. The van der Waals surface area contributed by atoms with Gasteiger partial charge in [-0.2, -0.15) is 4.31 Å². The Morgan fingerprint density at radius 1 is 1.45 bits per heavy atom. The second-order valence-electron chi connectivity index (χ2n) is 4.68. The number of piperidine rings is 1. The number of rotatable bonds is 3. The highest BCUT2D eigenvalue weighted by molar-refractivity contribution is 9.10. The molecule has 20 heavy (non-hydrogen) atoms. The van der Waals surface area contributed by atoms with Crippen molar-refractivity contribution in [3.63, 3.8) is 0 Å². The molecule has 1 unspecified atom stereocenters. The summed E-state index contributed by atoms with van der Waals surface area (Å²) in [5.74, 6) is -0.271. The van der Waals surface area contributed by atoms with Crippen molar-refractivity contribution in [2.75, 3.05) is 19.6 Å². The maximum atomic E-state index is 13.0. The van der Waals surface area contributed by atoms with Crippen molar-refractivity contribution in [3.05, 3.63) is 28.5 Å². The molecular formula is C12H17BrClFN2O2S. The molecule has 1 atom stereocenters. The molecule has 2 rings (SSSR count). The minimum Gasteiger partial charge on any atom is -0.330 e. The van der Waals surface area contributed by atoms with Crippen molar-refractivity contribution in [1.82, 2.24) is 4.31 Å². The molecule has 4 nitrogen and oxygen atoms in total. The minimum atomic E-state index is -3.59. The third kappa shape index (κ3) is 3.71. The van der Waals surface area contributed by atoms with Gasteiger partial charge in [0.15, 0.2) is 0 Å². The second-order valence-corrected chi connectivity index (χ2v) is 7.44. The third-order valence-electron chi connectivity index (χ3n) is 3.33. The molecule has 1 aromatic carbocycles. The summed E-state index contributed by atoms with van der Waals surface area (Å²) in [4.78, 5) is 0.103. The zero-order valence-corrected chi connectivity index (χ0v) is 14.0. The predicted molar refractivity (Wildman–Crippen MR) is 81.9 cm³/mol. The first-order chi connectivity index (χ1) is 8.95. The summed E-state index contributed by atoms with van der Waals surface area (Å²) in [5, 5.41) is 0. The average molecular weight is 388 g/mol. The van der Waals surface area contributed by atoms with E-state index in [1.54, 1.807) is 0 Å². The third-order valence-corrected chi connectivity index (χ3v) is 6.17. The molecule has 1 saturated heterocycles. The fourth-order valence-corrected chi connectivity index (χ4v) is 4.83. The smallest absolute Gasteiger partial charge is 0.244 e. The molecule has 0 bridgehead atoms. The number of hydrogen-bond donors (Lipinski definition) is 1. The number of hydrogen-bond acceptors (Lipinski definition) is 3. The summed E-state index contributed by atoms with van der Waals surface area (Å²) in [6.45, 7) is 1.40. The van der Waals surface area contributed by atoms with E-state index < -0.39 is 15.8 Å². The van der Waals surface area contributed by atoms with E-state index in [1.807, 2.05) is 0 Å². The fraction of sp³-hybridized carbons (Fsp3) is 0.500. The SMILES string of the molecule is Cl.NCC1CCCN(S(=O)(=O)c2ccc(F)cc2Br)C1. The maximum Gasteiger partial charge on any atom is 0.244 e. The van der Waals surface area contributed by atoms with Gasteiger partial charge in [0.05, 0.1) is 4.90 Å². The molecule has 0 aliphatic carbocycles. The van der Waals surface area contributed by atoms with Crippen LogP contribution < -0.4 is 5.73 Å². The van der Waals surface area contributed by atoms with Gasteiger partial charge in [-0.3, -0.25) is 0 Å². The summed E-state index contributed by atoms with van der Waals surface area (Å²) in [7, 11) is -3.59. The molecule has 1 fully saturated rings. The summed E-state index contributed by atoms with van der Waals surface area (Å²) in [6.07, 6.45) is 1.76. The van der Waals surface area contributed by atoms with Gasteiger partial charge in [-0.15, -0.1) is 12.4 Å². The van der Waals surface area contributed by atoms with Crippen molar-refractivity contribution in [2.24, 2.45) is 11.7 Å². The number of nitrogens with two attached hydrogens (primary N) is 1. The van der Waals surface area contributed by atoms with E-state index in [1.165, 1.54) is 10.4 Å². The van der Waals surface area contributed by atoms with Crippen molar-refractivity contribution in [3.8, 4) is 0 Å². The van der Waals surface area contributed by atoms with E-state index in [0.717, 1.165) is 25.0 Å². The van der Waals surface area contributed by atoms with Gasteiger partial charge < -0.3 is 5.73 Å². The summed E-state index contributed by atoms with van der Waals surface area (Å²) in [6, 6.07) is 3.61. The van der Waals surface area contributed by atoms with Crippen LogP contribution in [0.1, 0.15) is 12.8 Å². The van der Waals surface area contributed by atoms with E-state index in [-0.39, 0.29) is 27.7 Å². The Morgan fingerprint density at radius 2 is 2.15 bits per heavy atom. The molecule has 0 spiro atoms. The molecule has 0 aromatic heterocycles. The van der Waals surface area contributed by atoms with E-state index in [0.29, 0.717) is 19.6 Å². The van der Waals surface area contributed by atoms with Crippen LogP contribution in [0, 0.1) is 11.7 Å². The lowest BCUT2D eigenvalue weighted by Gasteiger charge is -2.31. The maximum absolute atomic E-state index is 13.0. The molecule has 1 aliphatic rings. The summed E-state index contributed by atoms with van der Waals surface area (Å²) in [5.41, 5.74) is 5.62. The summed E-state index contributed by atoms with van der Waals surface area (Å²) < 4.78 is 39.8. The first kappa shape index (κ1) is 17.8. The van der Waals surface area contributed by atoms with Gasteiger partial charge >= 0.3 is 0 Å². The Balaban J connectivity index is 0.00000200. The lowest BCUT2D eigenvalue weighted by Crippen LogP contribution is -2.42. The van der Waals surface area contributed by atoms with E-state index in [9.17, 15) is 12.8 Å². The second kappa shape index (κ2) is 7.17. The Kier molecular flexibility index (Phi) is 6.40. The molecule has 0 radical (unpaired) electrons. The molecule has 114 valence electrons. The van der Waals surface area contributed by atoms with Gasteiger partial charge in [0.1, 0.15) is 5.82 Å². The Bertz CT molecular complexity index is 571. The molecule has 0 saturated carbocycles. The summed E-state index contributed by atoms with van der Waals surface area (Å²) >= 11 is 3.11. The van der Waals surface area contributed by atoms with Crippen LogP contribution >= 0.6 is 28.3 Å². The Labute approximate surface area is 133 Å². The van der Waals surface area contributed by atoms with Crippen molar-refractivity contribution < 1.29 is 12.8 Å². The van der Waals surface area contributed by atoms with Crippen molar-refractivity contribution in [1.29, 1.82) is 0 Å². The van der Waals surface area contributed by atoms with Gasteiger partial charge in [-0.25, -0.2) is 12.8 Å². The molecule has 1 aromatic rings. The highest BCUT2D eigenvalue weighted by atomic mass is 79.9. The molecule has 1 aliphatic heterocycles. The largest absolute Gasteiger partial charge is 0.330 e. The minimum absolute atomic E-state index is 0. The topological polar surface area (TPSA) is 63.4 Å². The van der Waals surface area contributed by atoms with Crippen LogP contribution in [0.25, 0.3) is 0 Å². The van der Waals surface area contributed by atoms with Crippen LogP contribution in [0.15, 0.2) is 27.6 Å². The van der Waals surface area contributed by atoms with Crippen LogP contribution in [0.4, 0.5) is 4.39 Å². The van der Waals surface area contributed by atoms with Crippen molar-refractivity contribution >= 4 is 38.4 Å². The highest BCUT2D eigenvalue weighted by Crippen LogP contribution is 2.28. The van der Waals surface area contributed by atoms with E-state index in [4.69, 9.17) is 5.73 Å². The zero-order valence-electron chi connectivity index (χ0n) is 10.8. The van der Waals surface area contributed by atoms with Gasteiger partial charge in [-0.1, -0.05) is 0 Å². The zero-order chi connectivity index (χ0) is 14.0. The van der Waals surface area contributed by atoms with Gasteiger partial charge in [0.25, 0.3) is 0 Å². The lowest BCUT2D eigenvalue weighted by molar-refractivity contribution is 0.271. The van der Waals surface area contributed by atoms with Crippen LogP contribution in [-0.4, -0.2) is 32.4 Å². The Hall–Kier alpha value is -0.210. The van der Waals surface area contributed by atoms with E-state index in [2.05, 4.69) is 15.9 Å². The van der Waals surface area contributed by atoms with Gasteiger partial charge in [0.2, 0.25) is 10.0 Å². The van der Waals surface area contributed by atoms with Crippen LogP contribution in [0.2, 0.25) is 0 Å². The molecular weight excluding hydrogens is 371 g/mol. The van der Waals surface area contributed by atoms with E-state index >= 15 is 0 Å². The number of benzene rings is 1. The molecule has 2 N–H and O–H groups in total. The normalized spacial score (nSPS) is 20.4. The number of nitrogens with zero attached hydrogens (tertiary/aromatic N) is 1. The predicted octanol–water partition coefficient (Wildman–Crippen LogP) is 2.37. The highest BCUT2D eigenvalue weighted by Gasteiger charge is 2.31. The standard InChI is InChI=1S/C12H16BrFN2O2S.ClH/c13-11-6-10(14)3-4-12(11)19(17,18)16-5-1-2-9(7-15)8-16;/h3-4,6,9H,1-2,5,7-8,15H2;1H. The quantitative estimate of drug-likeness (QED) is 0.866. The average Bonchev–Trinajstić information content (AvgIpc) is 2.38. The number of halogens is 3. The first-order valence-corrected chi connectivity index (χ1v) is 8.33. The monoisotopic (exact) mass is 386 g/mol. The molecule has 8 heteroatoms. The van der Waals surface area contributed by atoms with Crippen LogP contribution in [0.5, 0.6) is 0 Å². The molecule has 0 amide bonds.